The zero-order valence-corrected chi connectivity index (χ0v) is 12.5. The van der Waals surface area contributed by atoms with Crippen molar-refractivity contribution in [1.82, 2.24) is 4.90 Å². The number of alkyl halides is 3. The molecule has 3 nitrogen and oxygen atoms in total. The van der Waals surface area contributed by atoms with Gasteiger partial charge in [-0.15, -0.1) is 0 Å². The molecule has 1 amide bonds. The van der Waals surface area contributed by atoms with E-state index in [9.17, 15) is 13.6 Å². The van der Waals surface area contributed by atoms with Gasteiger partial charge in [-0.25, -0.2) is 0 Å². The predicted molar refractivity (Wildman–Crippen MR) is 75.5 cm³/mol. The van der Waals surface area contributed by atoms with Gasteiger partial charge in [0.2, 0.25) is 0 Å². The van der Waals surface area contributed by atoms with E-state index in [2.05, 4.69) is 20.7 Å². The Hall–Kier alpha value is -1.17. The van der Waals surface area contributed by atoms with E-state index >= 15 is 0 Å². The van der Waals surface area contributed by atoms with Crippen molar-refractivity contribution in [3.8, 4) is 5.75 Å². The molecular formula is C14H16BrF2NO2. The zero-order valence-electron chi connectivity index (χ0n) is 10.9. The lowest BCUT2D eigenvalue weighted by atomic mass is 10.1. The Morgan fingerprint density at radius 3 is 2.90 bits per heavy atom. The fourth-order valence-electron chi connectivity index (χ4n) is 2.42. The number of nitrogens with zero attached hydrogens (tertiary/aromatic N) is 1. The van der Waals surface area contributed by atoms with E-state index < -0.39 is 6.61 Å². The third-order valence-corrected chi connectivity index (χ3v) is 3.88. The van der Waals surface area contributed by atoms with Crippen LogP contribution in [0.2, 0.25) is 0 Å². The highest BCUT2D eigenvalue weighted by molar-refractivity contribution is 9.09. The van der Waals surface area contributed by atoms with Crippen molar-refractivity contribution in [2.45, 2.75) is 19.5 Å². The Labute approximate surface area is 125 Å². The first kappa shape index (κ1) is 15.2. The van der Waals surface area contributed by atoms with Gasteiger partial charge in [0.1, 0.15) is 5.75 Å². The molecule has 0 N–H and O–H groups in total. The molecule has 1 aliphatic rings. The molecule has 0 radical (unpaired) electrons. The fourth-order valence-corrected chi connectivity index (χ4v) is 3.07. The minimum atomic E-state index is -2.93. The van der Waals surface area contributed by atoms with E-state index in [1.807, 2.05) is 0 Å². The number of para-hydroxylation sites is 1. The van der Waals surface area contributed by atoms with E-state index in [-0.39, 0.29) is 17.2 Å². The molecule has 1 aromatic carbocycles. The maximum absolute atomic E-state index is 12.4. The van der Waals surface area contributed by atoms with Gasteiger partial charge in [0.25, 0.3) is 5.91 Å². The normalized spacial score (nSPS) is 18.6. The third kappa shape index (κ3) is 3.69. The maximum Gasteiger partial charge on any atom is 0.387 e. The lowest BCUT2D eigenvalue weighted by molar-refractivity contribution is -0.0502. The van der Waals surface area contributed by atoms with Crippen LogP contribution in [-0.4, -0.2) is 35.8 Å². The molecular weight excluding hydrogens is 332 g/mol. The Balaban J connectivity index is 2.10. The van der Waals surface area contributed by atoms with Crippen LogP contribution >= 0.6 is 15.9 Å². The van der Waals surface area contributed by atoms with E-state index in [0.717, 1.165) is 18.2 Å². The molecule has 0 bridgehead atoms. The van der Waals surface area contributed by atoms with Gasteiger partial charge in [-0.2, -0.15) is 8.78 Å². The van der Waals surface area contributed by atoms with Crippen LogP contribution in [0.4, 0.5) is 8.78 Å². The number of amides is 1. The van der Waals surface area contributed by atoms with Crippen LogP contribution < -0.4 is 4.74 Å². The molecule has 0 spiro atoms. The van der Waals surface area contributed by atoms with Gasteiger partial charge in [0.05, 0.1) is 5.56 Å². The minimum absolute atomic E-state index is 0.0589. The Morgan fingerprint density at radius 1 is 1.45 bits per heavy atom. The number of halogens is 3. The van der Waals surface area contributed by atoms with E-state index in [1.165, 1.54) is 12.1 Å². The molecule has 110 valence electrons. The number of carbonyl (C=O) groups is 1. The Kier molecular flexibility index (Phi) is 5.34. The van der Waals surface area contributed by atoms with E-state index in [4.69, 9.17) is 0 Å². The fraction of sp³-hybridized carbons (Fsp3) is 0.500. The second-order valence-electron chi connectivity index (χ2n) is 4.76. The molecule has 1 aromatic rings. The highest BCUT2D eigenvalue weighted by atomic mass is 79.9. The predicted octanol–water partition coefficient (Wildman–Crippen LogP) is 3.54. The second kappa shape index (κ2) is 7.02. The first-order valence-corrected chi connectivity index (χ1v) is 7.63. The SMILES string of the molecule is O=C(c1ccccc1OC(F)F)N1CCC(CCBr)C1. The van der Waals surface area contributed by atoms with Gasteiger partial charge in [-0.05, 0) is 30.9 Å². The van der Waals surface area contributed by atoms with Crippen LogP contribution in [0.3, 0.4) is 0 Å². The first-order valence-electron chi connectivity index (χ1n) is 6.51. The molecule has 1 atom stereocenters. The standard InChI is InChI=1S/C14H16BrF2NO2/c15-7-5-10-6-8-18(9-10)13(19)11-3-1-2-4-12(11)20-14(16)17/h1-4,10,14H,5-9H2. The van der Waals surface area contributed by atoms with Gasteiger partial charge in [0, 0.05) is 18.4 Å². The molecule has 6 heteroatoms. The summed E-state index contributed by atoms with van der Waals surface area (Å²) in [5, 5.41) is 0.908. The molecule has 2 rings (SSSR count). The smallest absolute Gasteiger partial charge is 0.387 e. The third-order valence-electron chi connectivity index (χ3n) is 3.42. The maximum atomic E-state index is 12.4. The van der Waals surface area contributed by atoms with Crippen molar-refractivity contribution in [3.63, 3.8) is 0 Å². The van der Waals surface area contributed by atoms with Crippen LogP contribution in [0.25, 0.3) is 0 Å². The summed E-state index contributed by atoms with van der Waals surface area (Å²) >= 11 is 3.39. The van der Waals surface area contributed by atoms with Crippen molar-refractivity contribution < 1.29 is 18.3 Å². The topological polar surface area (TPSA) is 29.5 Å². The van der Waals surface area contributed by atoms with Gasteiger partial charge >= 0.3 is 6.61 Å². The number of hydrogen-bond donors (Lipinski definition) is 0. The summed E-state index contributed by atoms with van der Waals surface area (Å²) in [6.45, 7) is -1.59. The number of ether oxygens (including phenoxy) is 1. The van der Waals surface area contributed by atoms with Crippen LogP contribution in [0.15, 0.2) is 24.3 Å². The Morgan fingerprint density at radius 2 is 2.20 bits per heavy atom. The number of benzene rings is 1. The largest absolute Gasteiger partial charge is 0.434 e. The summed E-state index contributed by atoms with van der Waals surface area (Å²) in [6.07, 6.45) is 1.97. The summed E-state index contributed by atoms with van der Waals surface area (Å²) in [5.74, 6) is 0.177. The lowest BCUT2D eigenvalue weighted by Gasteiger charge is -2.18. The van der Waals surface area contributed by atoms with Crippen LogP contribution in [-0.2, 0) is 0 Å². The summed E-state index contributed by atoms with van der Waals surface area (Å²) < 4.78 is 29.1. The highest BCUT2D eigenvalue weighted by Crippen LogP contribution is 2.26. The summed E-state index contributed by atoms with van der Waals surface area (Å²) in [4.78, 5) is 14.1. The first-order chi connectivity index (χ1) is 9.61. The number of hydrogen-bond acceptors (Lipinski definition) is 2. The van der Waals surface area contributed by atoms with Crippen molar-refractivity contribution in [1.29, 1.82) is 0 Å². The summed E-state index contributed by atoms with van der Waals surface area (Å²) in [6, 6.07) is 6.15. The van der Waals surface area contributed by atoms with Gasteiger partial charge in [-0.1, -0.05) is 28.1 Å². The van der Waals surface area contributed by atoms with Crippen molar-refractivity contribution in [3.05, 3.63) is 29.8 Å². The molecule has 1 saturated heterocycles. The van der Waals surface area contributed by atoms with Gasteiger partial charge < -0.3 is 9.64 Å². The quantitative estimate of drug-likeness (QED) is 0.762. The molecule has 0 aliphatic carbocycles. The summed E-state index contributed by atoms with van der Waals surface area (Å²) in [7, 11) is 0. The van der Waals surface area contributed by atoms with Crippen LogP contribution in [0, 0.1) is 5.92 Å². The molecule has 0 aromatic heterocycles. The number of likely N-dealkylation sites (tertiary alicyclic amines) is 1. The average molecular weight is 348 g/mol. The zero-order chi connectivity index (χ0) is 14.5. The average Bonchev–Trinajstić information content (AvgIpc) is 2.87. The molecule has 1 aliphatic heterocycles. The molecule has 0 saturated carbocycles. The molecule has 1 unspecified atom stereocenters. The minimum Gasteiger partial charge on any atom is -0.434 e. The van der Waals surface area contributed by atoms with Crippen molar-refractivity contribution in [2.75, 3.05) is 18.4 Å². The van der Waals surface area contributed by atoms with Crippen LogP contribution in [0.1, 0.15) is 23.2 Å². The lowest BCUT2D eigenvalue weighted by Crippen LogP contribution is -2.29. The molecule has 1 heterocycles. The van der Waals surface area contributed by atoms with Crippen LogP contribution in [0.5, 0.6) is 5.75 Å². The Bertz CT molecular complexity index is 470. The second-order valence-corrected chi connectivity index (χ2v) is 5.55. The molecule has 1 fully saturated rings. The van der Waals surface area contributed by atoms with Gasteiger partial charge in [0.15, 0.2) is 0 Å². The van der Waals surface area contributed by atoms with Crippen molar-refractivity contribution >= 4 is 21.8 Å². The van der Waals surface area contributed by atoms with Gasteiger partial charge in [-0.3, -0.25) is 4.79 Å². The number of carbonyl (C=O) groups excluding carboxylic acids is 1. The monoisotopic (exact) mass is 347 g/mol. The van der Waals surface area contributed by atoms with Crippen molar-refractivity contribution in [2.24, 2.45) is 5.92 Å². The summed E-state index contributed by atoms with van der Waals surface area (Å²) in [5.41, 5.74) is 0.201. The van der Waals surface area contributed by atoms with E-state index in [1.54, 1.807) is 17.0 Å². The highest BCUT2D eigenvalue weighted by Gasteiger charge is 2.28. The molecule has 20 heavy (non-hydrogen) atoms. The number of rotatable bonds is 5. The van der Waals surface area contributed by atoms with E-state index in [0.29, 0.717) is 19.0 Å².